The first-order chi connectivity index (χ1) is 12.5. The van der Waals surface area contributed by atoms with E-state index in [0.717, 1.165) is 12.8 Å². The monoisotopic (exact) mass is 353 g/mol. The molecule has 0 bridgehead atoms. The molecule has 0 spiro atoms. The van der Waals surface area contributed by atoms with Crippen LogP contribution in [-0.4, -0.2) is 24.3 Å². The van der Waals surface area contributed by atoms with Crippen LogP contribution < -0.4 is 10.1 Å². The third-order valence-electron chi connectivity index (χ3n) is 4.11. The molecule has 4 heteroatoms. The Morgan fingerprint density at radius 3 is 2.12 bits per heavy atom. The van der Waals surface area contributed by atoms with Gasteiger partial charge in [-0.25, -0.2) is 0 Å². The van der Waals surface area contributed by atoms with Gasteiger partial charge in [0.05, 0.1) is 0 Å². The van der Waals surface area contributed by atoms with Crippen LogP contribution in [0.15, 0.2) is 54.6 Å². The first-order valence-corrected chi connectivity index (χ1v) is 9.07. The summed E-state index contributed by atoms with van der Waals surface area (Å²) in [6, 6.07) is 16.1. The van der Waals surface area contributed by atoms with Crippen molar-refractivity contribution in [3.05, 3.63) is 65.7 Å². The highest BCUT2D eigenvalue weighted by atomic mass is 16.5. The van der Waals surface area contributed by atoms with Crippen LogP contribution in [0, 0.1) is 5.92 Å². The molecule has 2 aromatic rings. The van der Waals surface area contributed by atoms with E-state index in [1.54, 1.807) is 36.4 Å². The molecule has 0 aromatic heterocycles. The lowest BCUT2D eigenvalue weighted by molar-refractivity contribution is -0.123. The standard InChI is InChI=1S/C22H27NO3/c1-16(2)9-10-17(3)23-21(24)15-26-20-13-11-19(12-14-20)22(25)18-7-5-4-6-8-18/h4-8,11-14,16-17H,9-10,15H2,1-3H3,(H,23,24)/t17-/m0/s1. The van der Waals surface area contributed by atoms with Crippen molar-refractivity contribution in [2.75, 3.05) is 6.61 Å². The topological polar surface area (TPSA) is 55.4 Å². The zero-order valence-corrected chi connectivity index (χ0v) is 15.7. The molecular weight excluding hydrogens is 326 g/mol. The molecule has 0 aliphatic heterocycles. The van der Waals surface area contributed by atoms with E-state index < -0.39 is 0 Å². The number of hydrogen-bond donors (Lipinski definition) is 1. The Kier molecular flexibility index (Phi) is 7.39. The lowest BCUT2D eigenvalue weighted by atomic mass is 10.0. The number of nitrogens with one attached hydrogen (secondary N) is 1. The fourth-order valence-corrected chi connectivity index (χ4v) is 2.58. The van der Waals surface area contributed by atoms with Gasteiger partial charge in [-0.1, -0.05) is 44.2 Å². The van der Waals surface area contributed by atoms with Crippen LogP contribution >= 0.6 is 0 Å². The molecule has 1 amide bonds. The lowest BCUT2D eigenvalue weighted by Crippen LogP contribution is -2.36. The van der Waals surface area contributed by atoms with Gasteiger partial charge in [-0.3, -0.25) is 9.59 Å². The summed E-state index contributed by atoms with van der Waals surface area (Å²) in [5, 5.41) is 2.94. The van der Waals surface area contributed by atoms with Gasteiger partial charge in [-0.2, -0.15) is 0 Å². The molecular formula is C22H27NO3. The maximum absolute atomic E-state index is 12.3. The molecule has 2 rings (SSSR count). The van der Waals surface area contributed by atoms with Gasteiger partial charge in [-0.15, -0.1) is 0 Å². The van der Waals surface area contributed by atoms with E-state index >= 15 is 0 Å². The number of ether oxygens (including phenoxy) is 1. The normalized spacial score (nSPS) is 11.8. The van der Waals surface area contributed by atoms with Crippen LogP contribution in [0.3, 0.4) is 0 Å². The smallest absolute Gasteiger partial charge is 0.258 e. The van der Waals surface area contributed by atoms with Crippen molar-refractivity contribution in [1.29, 1.82) is 0 Å². The number of carbonyl (C=O) groups excluding carboxylic acids is 2. The van der Waals surface area contributed by atoms with Crippen molar-refractivity contribution < 1.29 is 14.3 Å². The zero-order valence-electron chi connectivity index (χ0n) is 15.7. The SMILES string of the molecule is CC(C)CC[C@H](C)NC(=O)COc1ccc(C(=O)c2ccccc2)cc1. The summed E-state index contributed by atoms with van der Waals surface area (Å²) in [6.45, 7) is 6.32. The largest absolute Gasteiger partial charge is 0.484 e. The van der Waals surface area contributed by atoms with Gasteiger partial charge < -0.3 is 10.1 Å². The van der Waals surface area contributed by atoms with E-state index in [4.69, 9.17) is 4.74 Å². The van der Waals surface area contributed by atoms with Crippen LogP contribution in [0.5, 0.6) is 5.75 Å². The Morgan fingerprint density at radius 1 is 0.885 bits per heavy atom. The summed E-state index contributed by atoms with van der Waals surface area (Å²) in [5.41, 5.74) is 1.24. The Balaban J connectivity index is 1.82. The number of amides is 1. The quantitative estimate of drug-likeness (QED) is 0.686. The number of ketones is 1. The summed E-state index contributed by atoms with van der Waals surface area (Å²) in [4.78, 5) is 24.3. The fraction of sp³-hybridized carbons (Fsp3) is 0.364. The second-order valence-corrected chi connectivity index (χ2v) is 6.95. The number of rotatable bonds is 9. The van der Waals surface area contributed by atoms with Gasteiger partial charge in [0.2, 0.25) is 0 Å². The molecule has 4 nitrogen and oxygen atoms in total. The van der Waals surface area contributed by atoms with Gasteiger partial charge in [0, 0.05) is 17.2 Å². The Morgan fingerprint density at radius 2 is 1.50 bits per heavy atom. The molecule has 0 radical (unpaired) electrons. The van der Waals surface area contributed by atoms with Gasteiger partial charge in [0.15, 0.2) is 12.4 Å². The van der Waals surface area contributed by atoms with E-state index in [0.29, 0.717) is 22.8 Å². The van der Waals surface area contributed by atoms with E-state index in [2.05, 4.69) is 19.2 Å². The maximum atomic E-state index is 12.3. The van der Waals surface area contributed by atoms with Crippen molar-refractivity contribution in [1.82, 2.24) is 5.32 Å². The van der Waals surface area contributed by atoms with Crippen LogP contribution in [-0.2, 0) is 4.79 Å². The molecule has 1 atom stereocenters. The minimum atomic E-state index is -0.134. The van der Waals surface area contributed by atoms with Crippen molar-refractivity contribution in [2.45, 2.75) is 39.7 Å². The highest BCUT2D eigenvalue weighted by Crippen LogP contribution is 2.15. The predicted molar refractivity (Wildman–Crippen MR) is 103 cm³/mol. The molecule has 0 unspecified atom stereocenters. The van der Waals surface area contributed by atoms with Crippen molar-refractivity contribution in [3.8, 4) is 5.75 Å². The average molecular weight is 353 g/mol. The second kappa shape index (κ2) is 9.76. The van der Waals surface area contributed by atoms with Gasteiger partial charge in [-0.05, 0) is 49.9 Å². The highest BCUT2D eigenvalue weighted by molar-refractivity contribution is 6.08. The minimum Gasteiger partial charge on any atom is -0.484 e. The average Bonchev–Trinajstić information content (AvgIpc) is 2.65. The molecule has 0 saturated carbocycles. The van der Waals surface area contributed by atoms with Gasteiger partial charge in [0.1, 0.15) is 5.75 Å². The highest BCUT2D eigenvalue weighted by Gasteiger charge is 2.10. The fourth-order valence-electron chi connectivity index (χ4n) is 2.58. The van der Waals surface area contributed by atoms with Crippen LogP contribution in [0.2, 0.25) is 0 Å². The molecule has 0 aliphatic carbocycles. The van der Waals surface area contributed by atoms with E-state index in [-0.39, 0.29) is 24.3 Å². The van der Waals surface area contributed by atoms with Crippen LogP contribution in [0.4, 0.5) is 0 Å². The molecule has 0 aliphatic rings. The second-order valence-electron chi connectivity index (χ2n) is 6.95. The first kappa shape index (κ1) is 19.7. The van der Waals surface area contributed by atoms with E-state index in [1.807, 2.05) is 25.1 Å². The molecule has 1 N–H and O–H groups in total. The molecule has 0 heterocycles. The van der Waals surface area contributed by atoms with Crippen LogP contribution in [0.1, 0.15) is 49.5 Å². The molecule has 0 fully saturated rings. The summed E-state index contributed by atoms with van der Waals surface area (Å²) in [7, 11) is 0. The third kappa shape index (κ3) is 6.36. The minimum absolute atomic E-state index is 0.0298. The zero-order chi connectivity index (χ0) is 18.9. The van der Waals surface area contributed by atoms with Crippen molar-refractivity contribution >= 4 is 11.7 Å². The maximum Gasteiger partial charge on any atom is 0.258 e. The predicted octanol–water partition coefficient (Wildman–Crippen LogP) is 4.24. The van der Waals surface area contributed by atoms with Crippen molar-refractivity contribution in [3.63, 3.8) is 0 Å². The van der Waals surface area contributed by atoms with Crippen LogP contribution in [0.25, 0.3) is 0 Å². The number of benzene rings is 2. The first-order valence-electron chi connectivity index (χ1n) is 9.07. The molecule has 0 saturated heterocycles. The summed E-state index contributed by atoms with van der Waals surface area (Å²) < 4.78 is 5.51. The lowest BCUT2D eigenvalue weighted by Gasteiger charge is -2.15. The summed E-state index contributed by atoms with van der Waals surface area (Å²) in [5.74, 6) is 1.03. The Hall–Kier alpha value is -2.62. The van der Waals surface area contributed by atoms with Gasteiger partial charge in [0.25, 0.3) is 5.91 Å². The third-order valence-corrected chi connectivity index (χ3v) is 4.11. The van der Waals surface area contributed by atoms with E-state index in [1.165, 1.54) is 0 Å². The summed E-state index contributed by atoms with van der Waals surface area (Å²) >= 11 is 0. The van der Waals surface area contributed by atoms with Crippen molar-refractivity contribution in [2.24, 2.45) is 5.92 Å². The Labute approximate surface area is 155 Å². The molecule has 2 aromatic carbocycles. The molecule has 138 valence electrons. The number of hydrogen-bond acceptors (Lipinski definition) is 3. The molecule has 26 heavy (non-hydrogen) atoms. The Bertz CT molecular complexity index is 708. The van der Waals surface area contributed by atoms with E-state index in [9.17, 15) is 9.59 Å². The summed E-state index contributed by atoms with van der Waals surface area (Å²) in [6.07, 6.45) is 2.04. The number of carbonyl (C=O) groups is 2. The van der Waals surface area contributed by atoms with Gasteiger partial charge >= 0.3 is 0 Å².